The van der Waals surface area contributed by atoms with Crippen molar-refractivity contribution in [2.45, 2.75) is 32.6 Å². The summed E-state index contributed by atoms with van der Waals surface area (Å²) in [4.78, 5) is 10.4. The molecular formula is C10H20N2O2. The predicted molar refractivity (Wildman–Crippen MR) is 55.7 cm³/mol. The second-order valence-corrected chi connectivity index (χ2v) is 2.95. The van der Waals surface area contributed by atoms with E-state index < -0.39 is 0 Å². The Morgan fingerprint density at radius 1 is 1.36 bits per heavy atom. The Hall–Kier alpha value is -1.08. The zero-order valence-corrected chi connectivity index (χ0v) is 9.30. The molecule has 0 fully saturated rings. The number of nitrogens with one attached hydrogen (secondary N) is 1. The number of unbranched alkanes of at least 4 members (excludes halogenated alkanes) is 2. The molecule has 0 atom stereocenters. The molecule has 0 aliphatic carbocycles. The number of hydrogen-bond donors (Lipinski definition) is 1. The molecule has 0 amide bonds. The van der Waals surface area contributed by atoms with Gasteiger partial charge in [0.1, 0.15) is 12.4 Å². The van der Waals surface area contributed by atoms with E-state index in [0.717, 1.165) is 19.3 Å². The maximum atomic E-state index is 10.4. The van der Waals surface area contributed by atoms with Crippen LogP contribution in [0.25, 0.3) is 0 Å². The van der Waals surface area contributed by atoms with Gasteiger partial charge in [-0.2, -0.15) is 5.26 Å². The van der Waals surface area contributed by atoms with E-state index in [1.807, 2.05) is 14.1 Å². The van der Waals surface area contributed by atoms with E-state index in [2.05, 4.69) is 10.1 Å². The van der Waals surface area contributed by atoms with E-state index in [9.17, 15) is 4.79 Å². The molecule has 0 spiro atoms. The molecule has 82 valence electrons. The lowest BCUT2D eigenvalue weighted by atomic mass is 10.1. The van der Waals surface area contributed by atoms with Gasteiger partial charge in [-0.15, -0.1) is 0 Å². The fourth-order valence-electron chi connectivity index (χ4n) is 0.771. The second-order valence-electron chi connectivity index (χ2n) is 2.95. The van der Waals surface area contributed by atoms with Crippen molar-refractivity contribution in [3.05, 3.63) is 0 Å². The Kier molecular flexibility index (Phi) is 15.9. The third-order valence-electron chi connectivity index (χ3n) is 1.34. The van der Waals surface area contributed by atoms with Crippen LogP contribution < -0.4 is 5.32 Å². The van der Waals surface area contributed by atoms with Gasteiger partial charge in [0.25, 0.3) is 6.26 Å². The van der Waals surface area contributed by atoms with Crippen LogP contribution in [0.15, 0.2) is 0 Å². The third-order valence-corrected chi connectivity index (χ3v) is 1.34. The summed E-state index contributed by atoms with van der Waals surface area (Å²) in [5, 5.41) is 10.7. The van der Waals surface area contributed by atoms with Crippen LogP contribution in [0.4, 0.5) is 0 Å². The fraction of sp³-hybridized carbons (Fsp3) is 0.800. The Balaban J connectivity index is 0. The van der Waals surface area contributed by atoms with Crippen molar-refractivity contribution >= 4 is 5.78 Å². The molecule has 4 nitrogen and oxygen atoms in total. The molecule has 0 saturated carbocycles. The lowest BCUT2D eigenvalue weighted by Crippen LogP contribution is -1.91. The van der Waals surface area contributed by atoms with Gasteiger partial charge in [-0.3, -0.25) is 0 Å². The highest BCUT2D eigenvalue weighted by atomic mass is 16.5. The first-order valence-corrected chi connectivity index (χ1v) is 4.77. The summed E-state index contributed by atoms with van der Waals surface area (Å²) in [6, 6.07) is 0. The molecule has 0 aliphatic rings. The topological polar surface area (TPSA) is 62.1 Å². The number of rotatable bonds is 6. The predicted octanol–water partition coefficient (Wildman–Crippen LogP) is 1.47. The van der Waals surface area contributed by atoms with E-state index in [-0.39, 0.29) is 5.78 Å². The van der Waals surface area contributed by atoms with Gasteiger partial charge in [0.2, 0.25) is 0 Å². The molecule has 0 heterocycles. The zero-order valence-electron chi connectivity index (χ0n) is 9.30. The van der Waals surface area contributed by atoms with Gasteiger partial charge in [0.15, 0.2) is 0 Å². The van der Waals surface area contributed by atoms with Crippen molar-refractivity contribution in [1.29, 1.82) is 5.26 Å². The zero-order chi connectivity index (χ0) is 11.2. The first kappa shape index (κ1) is 15.4. The molecule has 0 aromatic rings. The molecular weight excluding hydrogens is 180 g/mol. The van der Waals surface area contributed by atoms with Gasteiger partial charge in [0, 0.05) is 6.42 Å². The largest absolute Gasteiger partial charge is 0.428 e. The van der Waals surface area contributed by atoms with Crippen molar-refractivity contribution in [2.24, 2.45) is 0 Å². The van der Waals surface area contributed by atoms with Crippen LogP contribution in [-0.2, 0) is 9.53 Å². The Labute approximate surface area is 86.2 Å². The van der Waals surface area contributed by atoms with Gasteiger partial charge >= 0.3 is 0 Å². The van der Waals surface area contributed by atoms with Gasteiger partial charge < -0.3 is 14.8 Å². The van der Waals surface area contributed by atoms with Crippen molar-refractivity contribution in [2.75, 3.05) is 20.7 Å². The van der Waals surface area contributed by atoms with Crippen LogP contribution in [0.1, 0.15) is 32.6 Å². The number of ketones is 1. The van der Waals surface area contributed by atoms with Gasteiger partial charge in [-0.05, 0) is 40.3 Å². The van der Waals surface area contributed by atoms with Crippen LogP contribution in [0, 0.1) is 11.5 Å². The number of carbonyl (C=O) groups excluding carboxylic acids is 1. The standard InChI is InChI=1S/C8H13NO2.C2H7N/c1-8(10)5-3-2-4-6-11-7-9;1-3-2/h2-6H2,1H3;3H,1-2H3. The number of nitrogens with zero attached hydrogens (tertiary/aromatic N) is 1. The first-order valence-electron chi connectivity index (χ1n) is 4.77. The lowest BCUT2D eigenvalue weighted by molar-refractivity contribution is -0.117. The maximum absolute atomic E-state index is 10.4. The Morgan fingerprint density at radius 2 is 1.93 bits per heavy atom. The number of hydrogen-bond acceptors (Lipinski definition) is 4. The van der Waals surface area contributed by atoms with Crippen LogP contribution in [0.5, 0.6) is 0 Å². The molecule has 14 heavy (non-hydrogen) atoms. The molecule has 1 N–H and O–H groups in total. The average molecular weight is 200 g/mol. The second kappa shape index (κ2) is 14.4. The molecule has 0 saturated heterocycles. The van der Waals surface area contributed by atoms with Gasteiger partial charge in [-0.1, -0.05) is 0 Å². The summed E-state index contributed by atoms with van der Waals surface area (Å²) in [6.45, 7) is 2.07. The minimum atomic E-state index is 0.228. The fourth-order valence-corrected chi connectivity index (χ4v) is 0.771. The molecule has 0 bridgehead atoms. The molecule has 0 unspecified atom stereocenters. The number of ether oxygens (including phenoxy) is 1. The van der Waals surface area contributed by atoms with Crippen molar-refractivity contribution in [3.63, 3.8) is 0 Å². The van der Waals surface area contributed by atoms with Crippen LogP contribution in [-0.4, -0.2) is 26.5 Å². The SMILES string of the molecule is CC(=O)CCCCCOC#N.CNC. The highest BCUT2D eigenvalue weighted by Crippen LogP contribution is 1.99. The maximum Gasteiger partial charge on any atom is 0.286 e. The Morgan fingerprint density at radius 3 is 2.36 bits per heavy atom. The van der Waals surface area contributed by atoms with Gasteiger partial charge in [0.05, 0.1) is 0 Å². The van der Waals surface area contributed by atoms with E-state index in [0.29, 0.717) is 13.0 Å². The highest BCUT2D eigenvalue weighted by molar-refractivity contribution is 5.75. The molecule has 0 aromatic carbocycles. The normalized spacial score (nSPS) is 8.14. The smallest absolute Gasteiger partial charge is 0.286 e. The van der Waals surface area contributed by atoms with Crippen molar-refractivity contribution in [1.82, 2.24) is 5.32 Å². The lowest BCUT2D eigenvalue weighted by Gasteiger charge is -1.96. The molecule has 0 aliphatic heterocycles. The highest BCUT2D eigenvalue weighted by Gasteiger charge is 1.93. The minimum Gasteiger partial charge on any atom is -0.428 e. The van der Waals surface area contributed by atoms with Gasteiger partial charge in [-0.25, -0.2) is 0 Å². The summed E-state index contributed by atoms with van der Waals surface area (Å²) in [5.74, 6) is 0.228. The number of Topliss-reactive ketones (excluding diaryl/α,β-unsaturated/α-hetero) is 1. The van der Waals surface area contributed by atoms with Crippen LogP contribution in [0.2, 0.25) is 0 Å². The number of nitriles is 1. The molecule has 0 aromatic heterocycles. The first-order chi connectivity index (χ1) is 6.68. The van der Waals surface area contributed by atoms with Crippen LogP contribution in [0.3, 0.4) is 0 Å². The third kappa shape index (κ3) is 22.4. The summed E-state index contributed by atoms with van der Waals surface area (Å²) >= 11 is 0. The molecule has 0 radical (unpaired) electrons. The summed E-state index contributed by atoms with van der Waals surface area (Å²) in [5.41, 5.74) is 0. The van der Waals surface area contributed by atoms with Crippen LogP contribution >= 0.6 is 0 Å². The van der Waals surface area contributed by atoms with Crippen molar-refractivity contribution in [3.8, 4) is 6.26 Å². The summed E-state index contributed by atoms with van der Waals surface area (Å²) in [6.07, 6.45) is 4.97. The van der Waals surface area contributed by atoms with Crippen molar-refractivity contribution < 1.29 is 9.53 Å². The quantitative estimate of drug-likeness (QED) is 0.521. The summed E-state index contributed by atoms with van der Waals surface area (Å²) in [7, 11) is 3.75. The summed E-state index contributed by atoms with van der Waals surface area (Å²) < 4.78 is 4.46. The van der Waals surface area contributed by atoms with E-state index >= 15 is 0 Å². The van der Waals surface area contributed by atoms with E-state index in [1.54, 1.807) is 13.2 Å². The Bertz CT molecular complexity index is 164. The monoisotopic (exact) mass is 200 g/mol. The average Bonchev–Trinajstić information content (AvgIpc) is 2.12. The molecule has 4 heteroatoms. The van der Waals surface area contributed by atoms with E-state index in [4.69, 9.17) is 5.26 Å². The van der Waals surface area contributed by atoms with E-state index in [1.165, 1.54) is 0 Å². The minimum absolute atomic E-state index is 0.228. The number of carbonyl (C=O) groups is 1. The molecule has 0 rings (SSSR count).